The number of hydrogen-bond donors (Lipinski definition) is 0. The number of nitrogens with zero attached hydrogens (tertiary/aromatic N) is 3. The Morgan fingerprint density at radius 1 is 0.864 bits per heavy atom. The van der Waals surface area contributed by atoms with Gasteiger partial charge in [0.1, 0.15) is 0 Å². The molecule has 3 nitrogen and oxygen atoms in total. The maximum atomic E-state index is 2.75. The third kappa shape index (κ3) is 6.17. The van der Waals surface area contributed by atoms with Gasteiger partial charge in [0, 0.05) is 19.6 Å². The van der Waals surface area contributed by atoms with Crippen LogP contribution in [0, 0.1) is 17.8 Å². The van der Waals surface area contributed by atoms with Crippen molar-refractivity contribution in [2.45, 2.75) is 46.5 Å². The van der Waals surface area contributed by atoms with Crippen molar-refractivity contribution in [3.05, 3.63) is 0 Å². The SMILES string of the molecule is CC(C)[C@@H](C)CCN1CCCN(CC2CCN(C)CC2)CC1. The fraction of sp³-hybridized carbons (Fsp3) is 1.00. The van der Waals surface area contributed by atoms with Gasteiger partial charge in [0.25, 0.3) is 0 Å². The Balaban J connectivity index is 1.66. The second-order valence-electron chi connectivity index (χ2n) is 8.25. The summed E-state index contributed by atoms with van der Waals surface area (Å²) >= 11 is 0. The van der Waals surface area contributed by atoms with Gasteiger partial charge in [0.2, 0.25) is 0 Å². The van der Waals surface area contributed by atoms with E-state index in [-0.39, 0.29) is 0 Å². The minimum absolute atomic E-state index is 0.827. The van der Waals surface area contributed by atoms with Gasteiger partial charge in [-0.15, -0.1) is 0 Å². The van der Waals surface area contributed by atoms with E-state index in [1.54, 1.807) is 0 Å². The van der Waals surface area contributed by atoms with Crippen LogP contribution in [0.2, 0.25) is 0 Å². The topological polar surface area (TPSA) is 9.72 Å². The van der Waals surface area contributed by atoms with Gasteiger partial charge >= 0.3 is 0 Å². The van der Waals surface area contributed by atoms with Crippen molar-refractivity contribution in [2.24, 2.45) is 17.8 Å². The zero-order valence-electron chi connectivity index (χ0n) is 15.6. The van der Waals surface area contributed by atoms with E-state index in [0.717, 1.165) is 17.8 Å². The molecule has 0 unspecified atom stereocenters. The number of rotatable bonds is 6. The second-order valence-corrected chi connectivity index (χ2v) is 8.25. The molecule has 0 radical (unpaired) electrons. The van der Waals surface area contributed by atoms with Crippen molar-refractivity contribution in [3.63, 3.8) is 0 Å². The van der Waals surface area contributed by atoms with Crippen molar-refractivity contribution in [2.75, 3.05) is 59.4 Å². The molecule has 2 aliphatic heterocycles. The molecule has 2 heterocycles. The van der Waals surface area contributed by atoms with Gasteiger partial charge < -0.3 is 14.7 Å². The average Bonchev–Trinajstić information content (AvgIpc) is 2.72. The Bertz CT molecular complexity index is 297. The molecule has 0 spiro atoms. The maximum absolute atomic E-state index is 2.75. The van der Waals surface area contributed by atoms with Crippen molar-refractivity contribution >= 4 is 0 Å². The summed E-state index contributed by atoms with van der Waals surface area (Å²) in [4.78, 5) is 7.95. The highest BCUT2D eigenvalue weighted by atomic mass is 15.2. The first-order valence-corrected chi connectivity index (χ1v) is 9.68. The molecule has 0 aromatic heterocycles. The molecule has 2 aliphatic rings. The third-order valence-corrected chi connectivity index (χ3v) is 6.07. The van der Waals surface area contributed by atoms with Crippen LogP contribution in [0.1, 0.15) is 46.5 Å². The predicted octanol–water partition coefficient (Wildman–Crippen LogP) is 3.02. The van der Waals surface area contributed by atoms with E-state index in [2.05, 4.69) is 42.5 Å². The zero-order chi connectivity index (χ0) is 15.9. The Morgan fingerprint density at radius 2 is 1.50 bits per heavy atom. The fourth-order valence-corrected chi connectivity index (χ4v) is 3.76. The highest BCUT2D eigenvalue weighted by Crippen LogP contribution is 2.19. The predicted molar refractivity (Wildman–Crippen MR) is 96.3 cm³/mol. The van der Waals surface area contributed by atoms with E-state index < -0.39 is 0 Å². The highest BCUT2D eigenvalue weighted by Gasteiger charge is 2.21. The summed E-state index contributed by atoms with van der Waals surface area (Å²) in [6, 6.07) is 0. The highest BCUT2D eigenvalue weighted by molar-refractivity contribution is 4.76. The first-order valence-electron chi connectivity index (χ1n) is 9.68. The lowest BCUT2D eigenvalue weighted by molar-refractivity contribution is 0.161. The van der Waals surface area contributed by atoms with Crippen molar-refractivity contribution in [3.8, 4) is 0 Å². The summed E-state index contributed by atoms with van der Waals surface area (Å²) in [7, 11) is 2.26. The molecule has 0 amide bonds. The molecule has 0 saturated carbocycles. The van der Waals surface area contributed by atoms with Crippen LogP contribution >= 0.6 is 0 Å². The Morgan fingerprint density at radius 3 is 2.18 bits per heavy atom. The van der Waals surface area contributed by atoms with Gasteiger partial charge in [-0.3, -0.25) is 0 Å². The molecule has 22 heavy (non-hydrogen) atoms. The van der Waals surface area contributed by atoms with E-state index >= 15 is 0 Å². The van der Waals surface area contributed by atoms with Crippen LogP contribution in [0.25, 0.3) is 0 Å². The molecule has 2 rings (SSSR count). The first kappa shape index (κ1) is 18.2. The Kier molecular flexibility index (Phi) is 7.66. The molecule has 0 N–H and O–H groups in total. The molecular formula is C19H39N3. The number of piperidine rings is 1. The van der Waals surface area contributed by atoms with E-state index in [1.807, 2.05) is 0 Å². The molecule has 0 bridgehead atoms. The molecule has 0 aliphatic carbocycles. The van der Waals surface area contributed by atoms with Gasteiger partial charge in [-0.05, 0) is 83.2 Å². The lowest BCUT2D eigenvalue weighted by atomic mass is 9.94. The van der Waals surface area contributed by atoms with Gasteiger partial charge in [-0.1, -0.05) is 20.8 Å². The van der Waals surface area contributed by atoms with Crippen LogP contribution in [0.3, 0.4) is 0 Å². The van der Waals surface area contributed by atoms with Crippen molar-refractivity contribution < 1.29 is 0 Å². The quantitative estimate of drug-likeness (QED) is 0.747. The van der Waals surface area contributed by atoms with Gasteiger partial charge in [0.15, 0.2) is 0 Å². The van der Waals surface area contributed by atoms with Crippen LogP contribution in [0.15, 0.2) is 0 Å². The van der Waals surface area contributed by atoms with Crippen LogP contribution < -0.4 is 0 Å². The Labute approximate surface area is 139 Å². The molecule has 130 valence electrons. The molecule has 0 aromatic rings. The smallest absolute Gasteiger partial charge is 0.0109 e. The number of hydrogen-bond acceptors (Lipinski definition) is 3. The van der Waals surface area contributed by atoms with Gasteiger partial charge in [-0.2, -0.15) is 0 Å². The summed E-state index contributed by atoms with van der Waals surface area (Å²) in [5, 5.41) is 0. The summed E-state index contributed by atoms with van der Waals surface area (Å²) in [6.07, 6.45) is 5.54. The van der Waals surface area contributed by atoms with Crippen molar-refractivity contribution in [1.82, 2.24) is 14.7 Å². The monoisotopic (exact) mass is 309 g/mol. The van der Waals surface area contributed by atoms with E-state index in [1.165, 1.54) is 78.0 Å². The van der Waals surface area contributed by atoms with Crippen LogP contribution in [-0.4, -0.2) is 74.1 Å². The number of likely N-dealkylation sites (tertiary alicyclic amines) is 1. The summed E-state index contributed by atoms with van der Waals surface area (Å²) in [6.45, 7) is 17.6. The minimum Gasteiger partial charge on any atom is -0.306 e. The van der Waals surface area contributed by atoms with Crippen molar-refractivity contribution in [1.29, 1.82) is 0 Å². The molecule has 1 atom stereocenters. The molecule has 2 fully saturated rings. The molecule has 2 saturated heterocycles. The zero-order valence-corrected chi connectivity index (χ0v) is 15.6. The minimum atomic E-state index is 0.827. The van der Waals surface area contributed by atoms with Gasteiger partial charge in [-0.25, -0.2) is 0 Å². The van der Waals surface area contributed by atoms with Gasteiger partial charge in [0.05, 0.1) is 0 Å². The van der Waals surface area contributed by atoms with Crippen LogP contribution in [0.4, 0.5) is 0 Å². The van der Waals surface area contributed by atoms with E-state index in [4.69, 9.17) is 0 Å². The van der Waals surface area contributed by atoms with E-state index in [9.17, 15) is 0 Å². The largest absolute Gasteiger partial charge is 0.306 e. The molecule has 0 aromatic carbocycles. The van der Waals surface area contributed by atoms with E-state index in [0.29, 0.717) is 0 Å². The second kappa shape index (κ2) is 9.24. The standard InChI is InChI=1S/C19H39N3/c1-17(2)18(3)6-13-21-9-5-10-22(15-14-21)16-19-7-11-20(4)12-8-19/h17-19H,5-16H2,1-4H3/t18-/m0/s1. The third-order valence-electron chi connectivity index (χ3n) is 6.07. The fourth-order valence-electron chi connectivity index (χ4n) is 3.76. The lowest BCUT2D eigenvalue weighted by Gasteiger charge is -2.32. The van der Waals surface area contributed by atoms with Crippen LogP contribution in [-0.2, 0) is 0 Å². The lowest BCUT2D eigenvalue weighted by Crippen LogP contribution is -2.38. The summed E-state index contributed by atoms with van der Waals surface area (Å²) in [5.74, 6) is 2.63. The molecule has 3 heteroatoms. The average molecular weight is 310 g/mol. The van der Waals surface area contributed by atoms with Crippen LogP contribution in [0.5, 0.6) is 0 Å². The molecular weight excluding hydrogens is 270 g/mol. The summed E-state index contributed by atoms with van der Waals surface area (Å²) in [5.41, 5.74) is 0. The Hall–Kier alpha value is -0.120. The first-order chi connectivity index (χ1) is 10.5. The maximum Gasteiger partial charge on any atom is 0.0109 e. The summed E-state index contributed by atoms with van der Waals surface area (Å²) < 4.78 is 0. The normalized spacial score (nSPS) is 25.5.